The molecule has 1 aliphatic rings. The molecule has 13 nitrogen and oxygen atoms in total. The molecule has 13 heteroatoms. The molecule has 0 bridgehead atoms. The fourth-order valence-electron chi connectivity index (χ4n) is 4.12. The Morgan fingerprint density at radius 1 is 1.03 bits per heavy atom. The number of carbonyl (C=O) groups excluding carboxylic acids is 2. The van der Waals surface area contributed by atoms with Gasteiger partial charge in [0, 0.05) is 26.2 Å². The molecule has 202 valence electrons. The van der Waals surface area contributed by atoms with Crippen molar-refractivity contribution < 1.29 is 34.1 Å². The molecule has 2 atom stereocenters. The summed E-state index contributed by atoms with van der Waals surface area (Å²) in [5.74, 6) is -1.22. The molecule has 0 spiro atoms. The smallest absolute Gasteiger partial charge is 0.324 e. The van der Waals surface area contributed by atoms with Crippen molar-refractivity contribution in [2.45, 2.75) is 32.3 Å². The maximum Gasteiger partial charge on any atom is 0.324 e. The van der Waals surface area contributed by atoms with Gasteiger partial charge in [-0.15, -0.1) is 4.98 Å². The van der Waals surface area contributed by atoms with Crippen LogP contribution in [0.1, 0.15) is 25.3 Å². The molecule has 2 aromatic rings. The van der Waals surface area contributed by atoms with Gasteiger partial charge in [0.05, 0.1) is 26.7 Å². The van der Waals surface area contributed by atoms with Gasteiger partial charge in [0.2, 0.25) is 11.9 Å². The zero-order chi connectivity index (χ0) is 26.8. The zero-order valence-corrected chi connectivity index (χ0v) is 21.3. The Bertz CT molecular complexity index is 1010. The zero-order valence-electron chi connectivity index (χ0n) is 21.3. The lowest BCUT2D eigenvalue weighted by molar-refractivity contribution is -0.151. The second-order valence-electron chi connectivity index (χ2n) is 8.42. The first-order valence-electron chi connectivity index (χ1n) is 12.1. The average molecular weight is 519 g/mol. The Balaban J connectivity index is 1.62. The van der Waals surface area contributed by atoms with Crippen LogP contribution in [0, 0.1) is 5.92 Å². The largest absolute Gasteiger partial charge is 0.494 e. The van der Waals surface area contributed by atoms with Crippen LogP contribution >= 0.6 is 0 Å². The third-order valence-corrected chi connectivity index (χ3v) is 6.11. The van der Waals surface area contributed by atoms with Crippen molar-refractivity contribution in [1.82, 2.24) is 25.3 Å². The molecule has 2 heterocycles. The fourth-order valence-corrected chi connectivity index (χ4v) is 4.12. The maximum atomic E-state index is 13.4. The lowest BCUT2D eigenvalue weighted by Crippen LogP contribution is -2.53. The normalized spacial score (nSPS) is 15.1. The van der Waals surface area contributed by atoms with Crippen LogP contribution in [0.3, 0.4) is 0 Å². The third kappa shape index (κ3) is 7.40. The number of aliphatic hydroxyl groups is 1. The number of aliphatic hydroxyl groups excluding tert-OH is 1. The number of hydrogen-bond acceptors (Lipinski definition) is 11. The van der Waals surface area contributed by atoms with Gasteiger partial charge >= 0.3 is 12.0 Å². The molecule has 1 aromatic carbocycles. The van der Waals surface area contributed by atoms with Gasteiger partial charge in [-0.2, -0.15) is 9.97 Å². The highest BCUT2D eigenvalue weighted by molar-refractivity contribution is 5.88. The predicted octanol–water partition coefficient (Wildman–Crippen LogP) is 0.442. The molecule has 37 heavy (non-hydrogen) atoms. The molecule has 3 rings (SSSR count). The Morgan fingerprint density at radius 3 is 2.19 bits per heavy atom. The summed E-state index contributed by atoms with van der Waals surface area (Å²) in [5.41, 5.74) is 2.50. The topological polar surface area (TPSA) is 159 Å². The number of anilines is 1. The Labute approximate surface area is 215 Å². The van der Waals surface area contributed by atoms with E-state index in [1.165, 1.54) is 19.7 Å². The number of aryl methyl sites for hydroxylation is 1. The van der Waals surface area contributed by atoms with Crippen LogP contribution in [0.4, 0.5) is 5.95 Å². The first-order chi connectivity index (χ1) is 17.9. The standard InChI is InChI=1S/C24H34N6O7/c1-4-37-17-10-8-16(9-11-17)6-5-7-18(19(31)20(32)28-34)21(33)29-12-14-30(15-13-29)22-25-23(35-2)27-24(26-22)36-3/h8-11,18-19,31,34H,4-7,12-15H2,1-3H3,(H,28,32)/t18-,19+/m1/s1. The number of nitrogens with zero attached hydrogens (tertiary/aromatic N) is 5. The number of rotatable bonds is 12. The molecule has 0 unspecified atom stereocenters. The van der Waals surface area contributed by atoms with Gasteiger partial charge in [0.25, 0.3) is 5.91 Å². The summed E-state index contributed by atoms with van der Waals surface area (Å²) in [6.45, 7) is 4.00. The number of piperazine rings is 1. The van der Waals surface area contributed by atoms with Crippen molar-refractivity contribution in [3.8, 4) is 17.8 Å². The lowest BCUT2D eigenvalue weighted by atomic mass is 9.92. The number of hydrogen-bond donors (Lipinski definition) is 3. The number of amides is 2. The van der Waals surface area contributed by atoms with E-state index >= 15 is 0 Å². The van der Waals surface area contributed by atoms with Gasteiger partial charge in [-0.25, -0.2) is 5.48 Å². The summed E-state index contributed by atoms with van der Waals surface area (Å²) in [5, 5.41) is 19.5. The number of nitrogens with one attached hydrogen (secondary N) is 1. The van der Waals surface area contributed by atoms with Crippen molar-refractivity contribution in [2.75, 3.05) is 51.9 Å². The summed E-state index contributed by atoms with van der Waals surface area (Å²) in [6, 6.07) is 7.89. The summed E-state index contributed by atoms with van der Waals surface area (Å²) in [4.78, 5) is 41.3. The molecule has 1 aromatic heterocycles. The molecule has 1 saturated heterocycles. The third-order valence-electron chi connectivity index (χ3n) is 6.11. The van der Waals surface area contributed by atoms with Crippen LogP contribution < -0.4 is 24.6 Å². The highest BCUT2D eigenvalue weighted by atomic mass is 16.5. The summed E-state index contributed by atoms with van der Waals surface area (Å²) >= 11 is 0. The van der Waals surface area contributed by atoms with Gasteiger partial charge in [-0.05, 0) is 43.9 Å². The van der Waals surface area contributed by atoms with E-state index in [-0.39, 0.29) is 24.3 Å². The fraction of sp³-hybridized carbons (Fsp3) is 0.542. The molecular formula is C24H34N6O7. The Kier molecular flexibility index (Phi) is 10.2. The average Bonchev–Trinajstić information content (AvgIpc) is 2.95. The van der Waals surface area contributed by atoms with E-state index in [1.54, 1.807) is 4.90 Å². The van der Waals surface area contributed by atoms with E-state index < -0.39 is 17.9 Å². The van der Waals surface area contributed by atoms with E-state index in [1.807, 2.05) is 36.1 Å². The number of ether oxygens (including phenoxy) is 3. The number of benzene rings is 1. The molecule has 2 amide bonds. The summed E-state index contributed by atoms with van der Waals surface area (Å²) in [6.07, 6.45) is -0.193. The number of carbonyl (C=O) groups is 2. The Hall–Kier alpha value is -3.71. The van der Waals surface area contributed by atoms with E-state index in [0.717, 1.165) is 11.3 Å². The van der Waals surface area contributed by atoms with Gasteiger partial charge in [0.1, 0.15) is 11.9 Å². The maximum absolute atomic E-state index is 13.4. The van der Waals surface area contributed by atoms with Gasteiger partial charge in [0.15, 0.2) is 0 Å². The minimum Gasteiger partial charge on any atom is -0.494 e. The molecule has 3 N–H and O–H groups in total. The van der Waals surface area contributed by atoms with E-state index in [0.29, 0.717) is 51.6 Å². The first-order valence-corrected chi connectivity index (χ1v) is 12.1. The summed E-state index contributed by atoms with van der Waals surface area (Å²) in [7, 11) is 2.89. The van der Waals surface area contributed by atoms with Crippen LogP contribution in [-0.4, -0.2) is 95.1 Å². The molecule has 0 aliphatic carbocycles. The van der Waals surface area contributed by atoms with Crippen LogP contribution in [0.2, 0.25) is 0 Å². The molecule has 1 aliphatic heterocycles. The van der Waals surface area contributed by atoms with E-state index in [2.05, 4.69) is 15.0 Å². The van der Waals surface area contributed by atoms with Crippen molar-refractivity contribution >= 4 is 17.8 Å². The quantitative estimate of drug-likeness (QED) is 0.264. The lowest BCUT2D eigenvalue weighted by Gasteiger charge is -2.37. The van der Waals surface area contributed by atoms with Gasteiger partial charge in [-0.3, -0.25) is 14.8 Å². The van der Waals surface area contributed by atoms with Gasteiger partial charge < -0.3 is 29.1 Å². The summed E-state index contributed by atoms with van der Waals surface area (Å²) < 4.78 is 15.7. The second kappa shape index (κ2) is 13.6. The molecule has 0 saturated carbocycles. The van der Waals surface area contributed by atoms with Crippen LogP contribution in [0.5, 0.6) is 17.8 Å². The van der Waals surface area contributed by atoms with Crippen LogP contribution in [0.25, 0.3) is 0 Å². The molecular weight excluding hydrogens is 484 g/mol. The monoisotopic (exact) mass is 518 g/mol. The predicted molar refractivity (Wildman–Crippen MR) is 132 cm³/mol. The van der Waals surface area contributed by atoms with E-state index in [9.17, 15) is 14.7 Å². The molecule has 1 fully saturated rings. The number of aromatic nitrogens is 3. The van der Waals surface area contributed by atoms with Crippen molar-refractivity contribution in [1.29, 1.82) is 0 Å². The van der Waals surface area contributed by atoms with Crippen LogP contribution in [-0.2, 0) is 16.0 Å². The Morgan fingerprint density at radius 2 is 1.65 bits per heavy atom. The van der Waals surface area contributed by atoms with E-state index in [4.69, 9.17) is 19.4 Å². The van der Waals surface area contributed by atoms with Crippen molar-refractivity contribution in [3.05, 3.63) is 29.8 Å². The van der Waals surface area contributed by atoms with Crippen LogP contribution in [0.15, 0.2) is 24.3 Å². The minimum atomic E-state index is -1.67. The highest BCUT2D eigenvalue weighted by Gasteiger charge is 2.36. The van der Waals surface area contributed by atoms with Crippen molar-refractivity contribution in [2.24, 2.45) is 5.92 Å². The first kappa shape index (κ1) is 27.9. The highest BCUT2D eigenvalue weighted by Crippen LogP contribution is 2.22. The number of hydroxylamine groups is 1. The SMILES string of the molecule is CCOc1ccc(CCC[C@@H](C(=O)N2CCN(c3nc(OC)nc(OC)n3)CC2)[C@H](O)C(=O)NO)cc1. The number of methoxy groups -OCH3 is 2. The minimum absolute atomic E-state index is 0.117. The van der Waals surface area contributed by atoms with Gasteiger partial charge in [-0.1, -0.05) is 12.1 Å². The second-order valence-corrected chi connectivity index (χ2v) is 8.42. The molecule has 0 radical (unpaired) electrons. The van der Waals surface area contributed by atoms with Crippen molar-refractivity contribution in [3.63, 3.8) is 0 Å².